The van der Waals surface area contributed by atoms with Crippen LogP contribution in [0.2, 0.25) is 0 Å². The Hall–Kier alpha value is -2.30. The van der Waals surface area contributed by atoms with Gasteiger partial charge in [0.05, 0.1) is 0 Å². The Kier molecular flexibility index (Phi) is 4.38. The fraction of sp³-hybridized carbons (Fsp3) is 0.261. The molecule has 0 amide bonds. The van der Waals surface area contributed by atoms with Gasteiger partial charge in [-0.3, -0.25) is 9.88 Å². The number of benzene rings is 1. The largest absolute Gasteiger partial charge is 0.297 e. The fourth-order valence-corrected chi connectivity index (χ4v) is 5.46. The van der Waals surface area contributed by atoms with Gasteiger partial charge in [-0.15, -0.1) is 11.3 Å². The van der Waals surface area contributed by atoms with Crippen LogP contribution in [0.15, 0.2) is 60.2 Å². The topological polar surface area (TPSA) is 16.1 Å². The molecule has 2 aliphatic heterocycles. The van der Waals surface area contributed by atoms with Crippen molar-refractivity contribution in [3.63, 3.8) is 0 Å². The maximum absolute atomic E-state index is 13.4. The normalized spacial score (nSPS) is 19.7. The Balaban J connectivity index is 1.65. The van der Waals surface area contributed by atoms with Crippen molar-refractivity contribution in [2.24, 2.45) is 0 Å². The molecule has 0 spiro atoms. The lowest BCUT2D eigenvalue weighted by Crippen LogP contribution is -2.32. The molecule has 2 aromatic heterocycles. The van der Waals surface area contributed by atoms with Gasteiger partial charge in [0.1, 0.15) is 5.82 Å². The van der Waals surface area contributed by atoms with E-state index in [1.54, 1.807) is 23.5 Å². The Morgan fingerprint density at radius 3 is 2.63 bits per heavy atom. The van der Waals surface area contributed by atoms with E-state index in [0.717, 1.165) is 18.5 Å². The van der Waals surface area contributed by atoms with Gasteiger partial charge in [-0.05, 0) is 77.7 Å². The number of pyridine rings is 1. The van der Waals surface area contributed by atoms with Crippen LogP contribution >= 0.6 is 11.3 Å². The summed E-state index contributed by atoms with van der Waals surface area (Å²) in [5, 5.41) is 2.28. The number of rotatable bonds is 3. The van der Waals surface area contributed by atoms with E-state index in [1.807, 2.05) is 24.5 Å². The third-order valence-electron chi connectivity index (χ3n) is 5.69. The number of thiophene rings is 1. The smallest absolute Gasteiger partial charge is 0.123 e. The molecule has 27 heavy (non-hydrogen) atoms. The summed E-state index contributed by atoms with van der Waals surface area (Å²) in [7, 11) is 0. The highest BCUT2D eigenvalue weighted by atomic mass is 32.1. The molecule has 0 saturated carbocycles. The molecule has 1 saturated heterocycles. The molecule has 3 aromatic rings. The minimum Gasteiger partial charge on any atom is -0.297 e. The van der Waals surface area contributed by atoms with Crippen LogP contribution in [-0.4, -0.2) is 29.0 Å². The molecule has 0 unspecified atom stereocenters. The number of fused-ring (bicyclic) bond motifs is 1. The summed E-state index contributed by atoms with van der Waals surface area (Å²) in [5.74, 6) is -0.197. The summed E-state index contributed by atoms with van der Waals surface area (Å²) in [6, 6.07) is 11.6. The van der Waals surface area contributed by atoms with Gasteiger partial charge in [0.15, 0.2) is 0 Å². The molecule has 0 bridgehead atoms. The maximum Gasteiger partial charge on any atom is 0.123 e. The first-order valence-corrected chi connectivity index (χ1v) is 10.4. The van der Waals surface area contributed by atoms with Gasteiger partial charge < -0.3 is 0 Å². The number of hydrogen-bond donors (Lipinski definition) is 0. The molecule has 136 valence electrons. The van der Waals surface area contributed by atoms with Crippen molar-refractivity contribution in [3.8, 4) is 21.6 Å². The molecular formula is C23H21FN2S. The standard InChI is InChI=1S/C23H21FN2S/c24-19-5-3-17(4-6-19)23-22(16-7-10-25-11-8-16)21(15-27-23)18-9-13-26-12-1-2-20(26)14-18/h3-8,10-11,14-15,20H,1-2,9,12-13H2/t20-/m0/s1. The van der Waals surface area contributed by atoms with Gasteiger partial charge >= 0.3 is 0 Å². The number of hydrogen-bond acceptors (Lipinski definition) is 3. The predicted octanol–water partition coefficient (Wildman–Crippen LogP) is 5.87. The summed E-state index contributed by atoms with van der Waals surface area (Å²) in [6.45, 7) is 2.38. The average Bonchev–Trinajstić information content (AvgIpc) is 3.35. The second-order valence-corrected chi connectivity index (χ2v) is 8.16. The van der Waals surface area contributed by atoms with E-state index < -0.39 is 0 Å². The lowest BCUT2D eigenvalue weighted by atomic mass is 9.91. The highest BCUT2D eigenvalue weighted by molar-refractivity contribution is 7.14. The number of halogens is 1. The number of aromatic nitrogens is 1. The van der Waals surface area contributed by atoms with Gasteiger partial charge in [-0.25, -0.2) is 4.39 Å². The Labute approximate surface area is 163 Å². The minimum atomic E-state index is -0.197. The summed E-state index contributed by atoms with van der Waals surface area (Å²) in [5.41, 5.74) is 6.28. The van der Waals surface area contributed by atoms with Gasteiger partial charge in [0, 0.05) is 35.4 Å². The zero-order valence-corrected chi connectivity index (χ0v) is 15.9. The summed E-state index contributed by atoms with van der Waals surface area (Å²) < 4.78 is 13.4. The Morgan fingerprint density at radius 2 is 1.81 bits per heavy atom. The molecule has 2 aliphatic rings. The Morgan fingerprint density at radius 1 is 1.00 bits per heavy atom. The summed E-state index contributed by atoms with van der Waals surface area (Å²) in [4.78, 5) is 7.99. The molecule has 0 radical (unpaired) electrons. The van der Waals surface area contributed by atoms with Crippen molar-refractivity contribution in [1.82, 2.24) is 9.88 Å². The molecule has 0 aliphatic carbocycles. The number of nitrogens with zero attached hydrogens (tertiary/aromatic N) is 2. The maximum atomic E-state index is 13.4. The molecular weight excluding hydrogens is 355 g/mol. The molecule has 5 rings (SSSR count). The average molecular weight is 377 g/mol. The minimum absolute atomic E-state index is 0.197. The van der Waals surface area contributed by atoms with Crippen LogP contribution in [-0.2, 0) is 0 Å². The second-order valence-electron chi connectivity index (χ2n) is 7.28. The van der Waals surface area contributed by atoms with Gasteiger partial charge in [-0.2, -0.15) is 0 Å². The highest BCUT2D eigenvalue weighted by Gasteiger charge is 2.28. The first-order chi connectivity index (χ1) is 13.3. The van der Waals surface area contributed by atoms with E-state index in [1.165, 1.54) is 46.5 Å². The SMILES string of the molecule is Fc1ccc(-c2scc(C3=C[C@@H]4CCCN4CC3)c2-c2ccncc2)cc1. The van der Waals surface area contributed by atoms with Crippen LogP contribution in [0.3, 0.4) is 0 Å². The van der Waals surface area contributed by atoms with E-state index in [2.05, 4.69) is 33.5 Å². The van der Waals surface area contributed by atoms with Crippen molar-refractivity contribution < 1.29 is 4.39 Å². The highest BCUT2D eigenvalue weighted by Crippen LogP contribution is 2.44. The van der Waals surface area contributed by atoms with Crippen LogP contribution in [0, 0.1) is 5.82 Å². The summed E-state index contributed by atoms with van der Waals surface area (Å²) >= 11 is 1.75. The van der Waals surface area contributed by atoms with E-state index in [4.69, 9.17) is 0 Å². The molecule has 0 N–H and O–H groups in total. The van der Waals surface area contributed by atoms with Crippen LogP contribution < -0.4 is 0 Å². The summed E-state index contributed by atoms with van der Waals surface area (Å²) in [6.07, 6.45) is 9.84. The van der Waals surface area contributed by atoms with Gasteiger partial charge in [-0.1, -0.05) is 18.2 Å². The monoisotopic (exact) mass is 376 g/mol. The zero-order chi connectivity index (χ0) is 18.2. The van der Waals surface area contributed by atoms with Crippen LogP contribution in [0.5, 0.6) is 0 Å². The van der Waals surface area contributed by atoms with Crippen LogP contribution in [0.25, 0.3) is 27.1 Å². The van der Waals surface area contributed by atoms with Crippen molar-refractivity contribution >= 4 is 16.9 Å². The Bertz CT molecular complexity index is 975. The fourth-order valence-electron chi connectivity index (χ4n) is 4.34. The molecule has 4 heteroatoms. The van der Waals surface area contributed by atoms with E-state index in [9.17, 15) is 4.39 Å². The van der Waals surface area contributed by atoms with Crippen LogP contribution in [0.1, 0.15) is 24.8 Å². The second kappa shape index (κ2) is 7.02. The van der Waals surface area contributed by atoms with E-state index >= 15 is 0 Å². The van der Waals surface area contributed by atoms with Gasteiger partial charge in [0.2, 0.25) is 0 Å². The molecule has 1 atom stereocenters. The molecule has 4 heterocycles. The van der Waals surface area contributed by atoms with Gasteiger partial charge in [0.25, 0.3) is 0 Å². The first-order valence-electron chi connectivity index (χ1n) is 9.52. The quantitative estimate of drug-likeness (QED) is 0.568. The molecule has 1 aromatic carbocycles. The van der Waals surface area contributed by atoms with Crippen LogP contribution in [0.4, 0.5) is 4.39 Å². The first kappa shape index (κ1) is 16.8. The predicted molar refractivity (Wildman–Crippen MR) is 110 cm³/mol. The molecule has 1 fully saturated rings. The van der Waals surface area contributed by atoms with Crippen molar-refractivity contribution in [1.29, 1.82) is 0 Å². The van der Waals surface area contributed by atoms with Crippen molar-refractivity contribution in [3.05, 3.63) is 71.6 Å². The van der Waals surface area contributed by atoms with Crippen molar-refractivity contribution in [2.75, 3.05) is 13.1 Å². The third kappa shape index (κ3) is 3.13. The lowest BCUT2D eigenvalue weighted by molar-refractivity contribution is 0.288. The van der Waals surface area contributed by atoms with E-state index in [-0.39, 0.29) is 5.82 Å². The van der Waals surface area contributed by atoms with Crippen molar-refractivity contribution in [2.45, 2.75) is 25.3 Å². The zero-order valence-electron chi connectivity index (χ0n) is 15.1. The van der Waals surface area contributed by atoms with E-state index in [0.29, 0.717) is 6.04 Å². The molecule has 2 nitrogen and oxygen atoms in total. The lowest BCUT2D eigenvalue weighted by Gasteiger charge is -2.28. The third-order valence-corrected chi connectivity index (χ3v) is 6.72.